The SMILES string of the molecule is Nc1cccc(OCC(=O)Nc2c(Cl)cccc2Cl)c1. The van der Waals surface area contributed by atoms with Gasteiger partial charge in [0.25, 0.3) is 5.91 Å². The van der Waals surface area contributed by atoms with Crippen LogP contribution in [0.4, 0.5) is 11.4 Å². The lowest BCUT2D eigenvalue weighted by atomic mass is 10.3. The number of nitrogens with two attached hydrogens (primary N) is 1. The van der Waals surface area contributed by atoms with Crippen molar-refractivity contribution in [2.24, 2.45) is 0 Å². The van der Waals surface area contributed by atoms with Crippen LogP contribution >= 0.6 is 23.2 Å². The molecule has 20 heavy (non-hydrogen) atoms. The molecule has 0 saturated heterocycles. The number of carbonyl (C=O) groups is 1. The second-order valence-corrected chi connectivity index (χ2v) is 4.82. The van der Waals surface area contributed by atoms with Gasteiger partial charge in [0.2, 0.25) is 0 Å². The van der Waals surface area contributed by atoms with E-state index < -0.39 is 0 Å². The maximum Gasteiger partial charge on any atom is 0.262 e. The van der Waals surface area contributed by atoms with E-state index in [9.17, 15) is 4.79 Å². The van der Waals surface area contributed by atoms with Crippen molar-refractivity contribution in [2.45, 2.75) is 0 Å². The third kappa shape index (κ3) is 3.79. The second kappa shape index (κ2) is 6.50. The quantitative estimate of drug-likeness (QED) is 0.848. The number of rotatable bonds is 4. The molecule has 0 atom stereocenters. The van der Waals surface area contributed by atoms with Gasteiger partial charge in [0.1, 0.15) is 5.75 Å². The number of nitrogens with one attached hydrogen (secondary N) is 1. The Morgan fingerprint density at radius 1 is 1.15 bits per heavy atom. The molecule has 0 aliphatic heterocycles. The fourth-order valence-electron chi connectivity index (χ4n) is 1.55. The smallest absolute Gasteiger partial charge is 0.262 e. The average molecular weight is 311 g/mol. The summed E-state index contributed by atoms with van der Waals surface area (Å²) in [7, 11) is 0. The minimum Gasteiger partial charge on any atom is -0.484 e. The van der Waals surface area contributed by atoms with Gasteiger partial charge in [0.05, 0.1) is 15.7 Å². The van der Waals surface area contributed by atoms with Gasteiger partial charge >= 0.3 is 0 Å². The van der Waals surface area contributed by atoms with E-state index in [1.54, 1.807) is 42.5 Å². The Morgan fingerprint density at radius 2 is 1.80 bits per heavy atom. The molecule has 0 heterocycles. The van der Waals surface area contributed by atoms with E-state index in [4.69, 9.17) is 33.7 Å². The Labute approximate surface area is 126 Å². The van der Waals surface area contributed by atoms with Crippen LogP contribution in [0.5, 0.6) is 5.75 Å². The van der Waals surface area contributed by atoms with Crippen LogP contribution in [0, 0.1) is 0 Å². The fraction of sp³-hybridized carbons (Fsp3) is 0.0714. The normalized spacial score (nSPS) is 10.1. The van der Waals surface area contributed by atoms with Crippen molar-refractivity contribution in [2.75, 3.05) is 17.7 Å². The highest BCUT2D eigenvalue weighted by atomic mass is 35.5. The van der Waals surface area contributed by atoms with Crippen molar-refractivity contribution in [1.29, 1.82) is 0 Å². The summed E-state index contributed by atoms with van der Waals surface area (Å²) in [5.74, 6) is 0.160. The maximum absolute atomic E-state index is 11.8. The zero-order valence-electron chi connectivity index (χ0n) is 10.4. The molecular formula is C14H12Cl2N2O2. The van der Waals surface area contributed by atoms with Crippen LogP contribution in [0.15, 0.2) is 42.5 Å². The largest absolute Gasteiger partial charge is 0.484 e. The first kappa shape index (κ1) is 14.5. The molecule has 2 rings (SSSR count). The summed E-state index contributed by atoms with van der Waals surface area (Å²) in [6, 6.07) is 11.8. The van der Waals surface area contributed by atoms with Crippen molar-refractivity contribution in [3.05, 3.63) is 52.5 Å². The number of halogens is 2. The summed E-state index contributed by atoms with van der Waals surface area (Å²) in [4.78, 5) is 11.8. The Kier molecular flexibility index (Phi) is 4.71. The summed E-state index contributed by atoms with van der Waals surface area (Å²) in [5, 5.41) is 3.34. The van der Waals surface area contributed by atoms with Crippen LogP contribution in [-0.2, 0) is 4.79 Å². The lowest BCUT2D eigenvalue weighted by Gasteiger charge is -2.10. The van der Waals surface area contributed by atoms with Gasteiger partial charge in [-0.1, -0.05) is 35.3 Å². The Morgan fingerprint density at radius 3 is 2.45 bits per heavy atom. The average Bonchev–Trinajstić information content (AvgIpc) is 2.41. The first-order chi connectivity index (χ1) is 9.56. The summed E-state index contributed by atoms with van der Waals surface area (Å²) in [6.07, 6.45) is 0. The van der Waals surface area contributed by atoms with E-state index in [-0.39, 0.29) is 12.5 Å². The second-order valence-electron chi connectivity index (χ2n) is 4.01. The molecule has 1 amide bonds. The third-order valence-corrected chi connectivity index (χ3v) is 3.09. The Bertz CT molecular complexity index is 612. The van der Waals surface area contributed by atoms with Crippen LogP contribution in [-0.4, -0.2) is 12.5 Å². The molecule has 104 valence electrons. The van der Waals surface area contributed by atoms with Crippen LogP contribution in [0.2, 0.25) is 10.0 Å². The lowest BCUT2D eigenvalue weighted by Crippen LogP contribution is -2.20. The minimum atomic E-state index is -0.359. The van der Waals surface area contributed by atoms with Crippen molar-refractivity contribution in [1.82, 2.24) is 0 Å². The molecule has 2 aromatic rings. The predicted octanol–water partition coefficient (Wildman–Crippen LogP) is 3.59. The molecular weight excluding hydrogens is 299 g/mol. The van der Waals surface area contributed by atoms with E-state index in [1.165, 1.54) is 0 Å². The molecule has 0 bridgehead atoms. The first-order valence-electron chi connectivity index (χ1n) is 5.78. The summed E-state index contributed by atoms with van der Waals surface area (Å²) >= 11 is 11.9. The van der Waals surface area contributed by atoms with Gasteiger partial charge < -0.3 is 15.8 Å². The lowest BCUT2D eigenvalue weighted by molar-refractivity contribution is -0.118. The number of carbonyl (C=O) groups excluding carboxylic acids is 1. The van der Waals surface area contributed by atoms with Crippen molar-refractivity contribution in [3.8, 4) is 5.75 Å². The highest BCUT2D eigenvalue weighted by Gasteiger charge is 2.10. The molecule has 0 spiro atoms. The highest BCUT2D eigenvalue weighted by molar-refractivity contribution is 6.39. The van der Waals surface area contributed by atoms with Gasteiger partial charge in [-0.25, -0.2) is 0 Å². The number of hydrogen-bond acceptors (Lipinski definition) is 3. The Hall–Kier alpha value is -1.91. The van der Waals surface area contributed by atoms with E-state index in [2.05, 4.69) is 5.32 Å². The van der Waals surface area contributed by atoms with Gasteiger partial charge in [-0.2, -0.15) is 0 Å². The van der Waals surface area contributed by atoms with Gasteiger partial charge in [-0.15, -0.1) is 0 Å². The molecule has 3 N–H and O–H groups in total. The van der Waals surface area contributed by atoms with Gasteiger partial charge in [0.15, 0.2) is 6.61 Å². The Balaban J connectivity index is 1.96. The van der Waals surface area contributed by atoms with Crippen LogP contribution in [0.1, 0.15) is 0 Å². The maximum atomic E-state index is 11.8. The fourth-order valence-corrected chi connectivity index (χ4v) is 2.04. The van der Waals surface area contributed by atoms with Crippen molar-refractivity contribution in [3.63, 3.8) is 0 Å². The molecule has 0 aromatic heterocycles. The highest BCUT2D eigenvalue weighted by Crippen LogP contribution is 2.29. The number of nitrogen functional groups attached to an aromatic ring is 1. The molecule has 4 nitrogen and oxygen atoms in total. The zero-order chi connectivity index (χ0) is 14.5. The summed E-state index contributed by atoms with van der Waals surface area (Å²) in [5.41, 5.74) is 6.55. The standard InChI is InChI=1S/C14H12Cl2N2O2/c15-11-5-2-6-12(16)14(11)18-13(19)8-20-10-4-1-3-9(17)7-10/h1-7H,8,17H2,(H,18,19). The van der Waals surface area contributed by atoms with E-state index in [0.29, 0.717) is 27.2 Å². The molecule has 0 saturated carbocycles. The number of para-hydroxylation sites is 1. The minimum absolute atomic E-state index is 0.162. The summed E-state index contributed by atoms with van der Waals surface area (Å²) < 4.78 is 5.32. The van der Waals surface area contributed by atoms with Gasteiger partial charge in [-0.3, -0.25) is 4.79 Å². The molecule has 0 unspecified atom stereocenters. The molecule has 0 aliphatic carbocycles. The molecule has 0 aliphatic rings. The van der Waals surface area contributed by atoms with Crippen molar-refractivity contribution < 1.29 is 9.53 Å². The van der Waals surface area contributed by atoms with Gasteiger partial charge in [0, 0.05) is 11.8 Å². The van der Waals surface area contributed by atoms with Crippen LogP contribution in [0.3, 0.4) is 0 Å². The first-order valence-corrected chi connectivity index (χ1v) is 6.54. The number of amides is 1. The monoisotopic (exact) mass is 310 g/mol. The number of ether oxygens (including phenoxy) is 1. The van der Waals surface area contributed by atoms with Crippen LogP contribution in [0.25, 0.3) is 0 Å². The van der Waals surface area contributed by atoms with E-state index in [0.717, 1.165) is 0 Å². The van der Waals surface area contributed by atoms with Crippen molar-refractivity contribution >= 4 is 40.5 Å². The molecule has 6 heteroatoms. The predicted molar refractivity (Wildman–Crippen MR) is 81.4 cm³/mol. The summed E-state index contributed by atoms with van der Waals surface area (Å²) in [6.45, 7) is -0.162. The molecule has 0 fully saturated rings. The van der Waals surface area contributed by atoms with E-state index in [1.807, 2.05) is 0 Å². The number of hydrogen-bond donors (Lipinski definition) is 2. The number of anilines is 2. The molecule has 2 aromatic carbocycles. The number of benzene rings is 2. The van der Waals surface area contributed by atoms with E-state index >= 15 is 0 Å². The zero-order valence-corrected chi connectivity index (χ0v) is 11.9. The van der Waals surface area contributed by atoms with Gasteiger partial charge in [-0.05, 0) is 24.3 Å². The topological polar surface area (TPSA) is 64.3 Å². The third-order valence-electron chi connectivity index (χ3n) is 2.46. The molecule has 0 radical (unpaired) electrons. The van der Waals surface area contributed by atoms with Crippen LogP contribution < -0.4 is 15.8 Å².